The van der Waals surface area contributed by atoms with Gasteiger partial charge in [-0.05, 0) is 48.9 Å². The molecule has 1 aliphatic rings. The first-order valence-electron chi connectivity index (χ1n) is 8.53. The van der Waals surface area contributed by atoms with Crippen molar-refractivity contribution >= 4 is 23.2 Å². The Hall–Kier alpha value is -3.41. The number of anilines is 2. The van der Waals surface area contributed by atoms with E-state index in [4.69, 9.17) is 0 Å². The Morgan fingerprint density at radius 1 is 1.04 bits per heavy atom. The van der Waals surface area contributed by atoms with Crippen LogP contribution in [0.3, 0.4) is 0 Å². The highest BCUT2D eigenvalue weighted by Crippen LogP contribution is 2.23. The molecule has 0 aliphatic carbocycles. The molecule has 1 fully saturated rings. The number of hydrogen-bond donors (Lipinski definition) is 1. The Morgan fingerprint density at radius 3 is 2.54 bits per heavy atom. The van der Waals surface area contributed by atoms with Crippen molar-refractivity contribution < 1.29 is 9.59 Å². The summed E-state index contributed by atoms with van der Waals surface area (Å²) in [7, 11) is 0. The number of aromatic nitrogens is 2. The number of rotatable bonds is 4. The molecule has 1 aliphatic heterocycles. The van der Waals surface area contributed by atoms with Gasteiger partial charge in [0.05, 0.1) is 11.3 Å². The topological polar surface area (TPSA) is 67.2 Å². The largest absolute Gasteiger partial charge is 0.322 e. The van der Waals surface area contributed by atoms with Gasteiger partial charge in [-0.25, -0.2) is 4.68 Å². The van der Waals surface area contributed by atoms with Crippen LogP contribution in [0.4, 0.5) is 11.4 Å². The van der Waals surface area contributed by atoms with E-state index in [2.05, 4.69) is 10.4 Å². The molecule has 1 saturated heterocycles. The third-order valence-electron chi connectivity index (χ3n) is 4.41. The van der Waals surface area contributed by atoms with Crippen molar-refractivity contribution in [2.24, 2.45) is 0 Å². The van der Waals surface area contributed by atoms with Crippen molar-refractivity contribution in [1.82, 2.24) is 9.78 Å². The maximum Gasteiger partial charge on any atom is 0.257 e. The maximum atomic E-state index is 12.7. The fourth-order valence-electron chi connectivity index (χ4n) is 3.12. The minimum absolute atomic E-state index is 0.148. The zero-order valence-electron chi connectivity index (χ0n) is 14.1. The van der Waals surface area contributed by atoms with E-state index in [0.29, 0.717) is 23.4 Å². The Bertz CT molecular complexity index is 933. The van der Waals surface area contributed by atoms with Gasteiger partial charge in [-0.1, -0.05) is 12.1 Å². The average molecular weight is 346 g/mol. The van der Waals surface area contributed by atoms with Gasteiger partial charge in [-0.3, -0.25) is 9.59 Å². The summed E-state index contributed by atoms with van der Waals surface area (Å²) in [5.74, 6) is -0.0592. The van der Waals surface area contributed by atoms with Crippen molar-refractivity contribution in [2.75, 3.05) is 16.8 Å². The summed E-state index contributed by atoms with van der Waals surface area (Å²) in [6, 6.07) is 16.5. The van der Waals surface area contributed by atoms with Crippen LogP contribution in [0.5, 0.6) is 0 Å². The van der Waals surface area contributed by atoms with Gasteiger partial charge in [0.15, 0.2) is 0 Å². The molecule has 1 aromatic heterocycles. The fourth-order valence-corrected chi connectivity index (χ4v) is 3.12. The molecule has 2 amide bonds. The zero-order valence-corrected chi connectivity index (χ0v) is 14.1. The van der Waals surface area contributed by atoms with Crippen molar-refractivity contribution in [3.63, 3.8) is 0 Å². The molecular formula is C20H18N4O2. The van der Waals surface area contributed by atoms with E-state index in [0.717, 1.165) is 18.7 Å². The van der Waals surface area contributed by atoms with Crippen LogP contribution in [0, 0.1) is 0 Å². The summed E-state index contributed by atoms with van der Waals surface area (Å²) in [6.07, 6.45) is 4.96. The third-order valence-corrected chi connectivity index (χ3v) is 4.41. The number of para-hydroxylation sites is 1. The Kier molecular flexibility index (Phi) is 4.23. The number of nitrogens with zero attached hydrogens (tertiary/aromatic N) is 3. The maximum absolute atomic E-state index is 12.7. The van der Waals surface area contributed by atoms with Crippen LogP contribution in [-0.4, -0.2) is 28.1 Å². The lowest BCUT2D eigenvalue weighted by Crippen LogP contribution is -2.23. The summed E-state index contributed by atoms with van der Waals surface area (Å²) in [4.78, 5) is 26.3. The van der Waals surface area contributed by atoms with Crippen LogP contribution < -0.4 is 10.2 Å². The Balaban J connectivity index is 1.53. The molecule has 0 atom stereocenters. The fraction of sp³-hybridized carbons (Fsp3) is 0.150. The van der Waals surface area contributed by atoms with Gasteiger partial charge < -0.3 is 10.2 Å². The third kappa shape index (κ3) is 3.09. The summed E-state index contributed by atoms with van der Waals surface area (Å²) < 4.78 is 1.66. The number of carbonyl (C=O) groups is 2. The van der Waals surface area contributed by atoms with E-state index in [9.17, 15) is 9.59 Å². The molecule has 0 unspecified atom stereocenters. The van der Waals surface area contributed by atoms with Gasteiger partial charge in [-0.2, -0.15) is 5.10 Å². The molecular weight excluding hydrogens is 328 g/mol. The summed E-state index contributed by atoms with van der Waals surface area (Å²) >= 11 is 0. The predicted octanol–water partition coefficient (Wildman–Crippen LogP) is 3.25. The highest BCUT2D eigenvalue weighted by Gasteiger charge is 2.21. The quantitative estimate of drug-likeness (QED) is 0.788. The predicted molar refractivity (Wildman–Crippen MR) is 99.5 cm³/mol. The Labute approximate surface area is 151 Å². The number of nitrogens with one attached hydrogen (secondary N) is 1. The molecule has 26 heavy (non-hydrogen) atoms. The number of benzene rings is 2. The van der Waals surface area contributed by atoms with E-state index in [1.807, 2.05) is 48.5 Å². The molecule has 0 spiro atoms. The summed E-state index contributed by atoms with van der Waals surface area (Å²) in [5.41, 5.74) is 2.80. The smallest absolute Gasteiger partial charge is 0.257 e. The van der Waals surface area contributed by atoms with Gasteiger partial charge >= 0.3 is 0 Å². The second-order valence-electron chi connectivity index (χ2n) is 6.12. The molecule has 1 N–H and O–H groups in total. The van der Waals surface area contributed by atoms with E-state index in [1.165, 1.54) is 0 Å². The van der Waals surface area contributed by atoms with E-state index < -0.39 is 0 Å². The molecule has 130 valence electrons. The highest BCUT2D eigenvalue weighted by molar-refractivity contribution is 6.07. The minimum atomic E-state index is -0.207. The van der Waals surface area contributed by atoms with Crippen molar-refractivity contribution in [3.8, 4) is 5.69 Å². The van der Waals surface area contributed by atoms with Gasteiger partial charge in [-0.15, -0.1) is 0 Å². The molecule has 0 radical (unpaired) electrons. The van der Waals surface area contributed by atoms with Gasteiger partial charge in [0.25, 0.3) is 5.91 Å². The van der Waals surface area contributed by atoms with Crippen LogP contribution >= 0.6 is 0 Å². The van der Waals surface area contributed by atoms with Gasteiger partial charge in [0.1, 0.15) is 0 Å². The Morgan fingerprint density at radius 2 is 1.85 bits per heavy atom. The van der Waals surface area contributed by atoms with Gasteiger partial charge in [0.2, 0.25) is 5.91 Å². The minimum Gasteiger partial charge on any atom is -0.322 e. The molecule has 6 nitrogen and oxygen atoms in total. The molecule has 3 aromatic rings. The van der Waals surface area contributed by atoms with E-state index in [-0.39, 0.29) is 11.8 Å². The first-order valence-corrected chi connectivity index (χ1v) is 8.53. The highest BCUT2D eigenvalue weighted by atomic mass is 16.2. The second kappa shape index (κ2) is 6.84. The second-order valence-corrected chi connectivity index (χ2v) is 6.12. The van der Waals surface area contributed by atoms with Crippen LogP contribution in [0.1, 0.15) is 23.2 Å². The number of carbonyl (C=O) groups excluding carboxylic acids is 2. The van der Waals surface area contributed by atoms with Crippen LogP contribution in [0.15, 0.2) is 67.0 Å². The molecule has 0 saturated carbocycles. The van der Waals surface area contributed by atoms with E-state index >= 15 is 0 Å². The molecule has 2 heterocycles. The van der Waals surface area contributed by atoms with E-state index in [1.54, 1.807) is 28.0 Å². The monoisotopic (exact) mass is 346 g/mol. The van der Waals surface area contributed by atoms with Gasteiger partial charge in [0, 0.05) is 36.7 Å². The van der Waals surface area contributed by atoms with Crippen LogP contribution in [0.25, 0.3) is 5.69 Å². The summed E-state index contributed by atoms with van der Waals surface area (Å²) in [6.45, 7) is 0.752. The number of hydrogen-bond acceptors (Lipinski definition) is 3. The standard InChI is InChI=1S/C20H18N4O2/c25-19-7-3-13-23(19)16-10-8-15(9-11-16)22-20(26)17-5-1-2-6-18(17)24-14-4-12-21-24/h1-2,4-6,8-12,14H,3,7,13H2,(H,22,26). The van der Waals surface area contributed by atoms with Crippen molar-refractivity contribution in [2.45, 2.75) is 12.8 Å². The lowest BCUT2D eigenvalue weighted by molar-refractivity contribution is -0.117. The first kappa shape index (κ1) is 16.1. The first-order chi connectivity index (χ1) is 12.7. The molecule has 4 rings (SSSR count). The zero-order chi connectivity index (χ0) is 17.9. The van der Waals surface area contributed by atoms with Crippen LogP contribution in [0.2, 0.25) is 0 Å². The molecule has 2 aromatic carbocycles. The van der Waals surface area contributed by atoms with Crippen LogP contribution in [-0.2, 0) is 4.79 Å². The lowest BCUT2D eigenvalue weighted by Gasteiger charge is -2.16. The SMILES string of the molecule is O=C(Nc1ccc(N2CCCC2=O)cc1)c1ccccc1-n1cccn1. The molecule has 6 heteroatoms. The normalized spacial score (nSPS) is 13.8. The molecule has 0 bridgehead atoms. The number of amides is 2. The van der Waals surface area contributed by atoms with Crippen molar-refractivity contribution in [3.05, 3.63) is 72.6 Å². The lowest BCUT2D eigenvalue weighted by atomic mass is 10.1. The average Bonchev–Trinajstić information content (AvgIpc) is 3.34. The summed E-state index contributed by atoms with van der Waals surface area (Å²) in [5, 5.41) is 7.10. The van der Waals surface area contributed by atoms with Crippen molar-refractivity contribution in [1.29, 1.82) is 0 Å².